The van der Waals surface area contributed by atoms with Crippen LogP contribution in [-0.2, 0) is 9.53 Å². The van der Waals surface area contributed by atoms with Gasteiger partial charge in [0.1, 0.15) is 0 Å². The summed E-state index contributed by atoms with van der Waals surface area (Å²) in [6.07, 6.45) is 2.38. The molecule has 17 heavy (non-hydrogen) atoms. The van der Waals surface area contributed by atoms with E-state index in [4.69, 9.17) is 16.3 Å². The number of halogens is 1. The highest BCUT2D eigenvalue weighted by atomic mass is 35.5. The lowest BCUT2D eigenvalue weighted by Crippen LogP contribution is -2.56. The predicted molar refractivity (Wildman–Crippen MR) is 68.1 cm³/mol. The highest BCUT2D eigenvalue weighted by Gasteiger charge is 2.40. The molecule has 1 aliphatic carbocycles. The number of morpholine rings is 1. The minimum absolute atomic E-state index is 0.0317. The zero-order chi connectivity index (χ0) is 12.6. The van der Waals surface area contributed by atoms with Crippen LogP contribution in [0.1, 0.15) is 33.6 Å². The van der Waals surface area contributed by atoms with Crippen molar-refractivity contribution < 1.29 is 9.53 Å². The van der Waals surface area contributed by atoms with E-state index in [1.807, 2.05) is 18.7 Å². The van der Waals surface area contributed by atoms with Gasteiger partial charge in [-0.15, -0.1) is 11.6 Å². The van der Waals surface area contributed by atoms with Crippen molar-refractivity contribution in [1.29, 1.82) is 0 Å². The van der Waals surface area contributed by atoms with Crippen LogP contribution in [0, 0.1) is 11.8 Å². The number of nitrogens with zero attached hydrogens (tertiary/aromatic N) is 1. The zero-order valence-corrected chi connectivity index (χ0v) is 11.7. The smallest absolute Gasteiger partial charge is 0.225 e. The predicted octanol–water partition coefficient (Wildman–Crippen LogP) is 2.28. The molecular weight excluding hydrogens is 238 g/mol. The lowest BCUT2D eigenvalue weighted by Gasteiger charge is -2.43. The number of rotatable bonds is 3. The molecule has 0 radical (unpaired) electrons. The fraction of sp³-hybridized carbons (Fsp3) is 0.923. The van der Waals surface area contributed by atoms with Crippen molar-refractivity contribution in [2.75, 3.05) is 19.0 Å². The zero-order valence-electron chi connectivity index (χ0n) is 10.9. The van der Waals surface area contributed by atoms with Crippen molar-refractivity contribution in [2.24, 2.45) is 11.8 Å². The number of carbonyl (C=O) groups excluding carboxylic acids is 1. The summed E-state index contributed by atoms with van der Waals surface area (Å²) in [6, 6.07) is 0. The van der Waals surface area contributed by atoms with Crippen LogP contribution in [-0.4, -0.2) is 41.5 Å². The van der Waals surface area contributed by atoms with Gasteiger partial charge in [-0.3, -0.25) is 4.79 Å². The molecular formula is C13H22ClNO2. The van der Waals surface area contributed by atoms with Crippen molar-refractivity contribution in [3.8, 4) is 0 Å². The van der Waals surface area contributed by atoms with E-state index in [-0.39, 0.29) is 23.5 Å². The molecule has 0 spiro atoms. The van der Waals surface area contributed by atoms with Gasteiger partial charge in [-0.1, -0.05) is 6.92 Å². The standard InChI is InChI=1S/C13H22ClNO2/c1-9(10-4-5-10)12(16)15-7-11(6-14)17-13(2,3)8-15/h9-11H,4-8H2,1-3H3. The third-order valence-corrected chi connectivity index (χ3v) is 4.03. The Labute approximate surface area is 108 Å². The van der Waals surface area contributed by atoms with Gasteiger partial charge in [-0.2, -0.15) is 0 Å². The Balaban J connectivity index is 2.01. The van der Waals surface area contributed by atoms with E-state index in [9.17, 15) is 4.79 Å². The van der Waals surface area contributed by atoms with Crippen LogP contribution >= 0.6 is 11.6 Å². The van der Waals surface area contributed by atoms with E-state index in [2.05, 4.69) is 6.92 Å². The lowest BCUT2D eigenvalue weighted by molar-refractivity contribution is -0.161. The third kappa shape index (κ3) is 3.14. The summed E-state index contributed by atoms with van der Waals surface area (Å²) in [5.74, 6) is 1.51. The summed E-state index contributed by atoms with van der Waals surface area (Å²) in [4.78, 5) is 14.3. The van der Waals surface area contributed by atoms with Crippen molar-refractivity contribution in [3.63, 3.8) is 0 Å². The molecule has 2 fully saturated rings. The average molecular weight is 260 g/mol. The SMILES string of the molecule is CC(C(=O)N1CC(CCl)OC(C)(C)C1)C1CC1. The van der Waals surface area contributed by atoms with E-state index in [0.717, 1.165) is 0 Å². The van der Waals surface area contributed by atoms with Crippen LogP contribution in [0.5, 0.6) is 0 Å². The molecule has 1 heterocycles. The molecule has 0 aromatic carbocycles. The first-order chi connectivity index (χ1) is 7.93. The maximum Gasteiger partial charge on any atom is 0.225 e. The maximum absolute atomic E-state index is 12.4. The van der Waals surface area contributed by atoms with Gasteiger partial charge in [-0.05, 0) is 32.6 Å². The molecule has 0 aromatic heterocycles. The minimum atomic E-state index is -0.281. The molecule has 0 N–H and O–H groups in total. The number of alkyl halides is 1. The van der Waals surface area contributed by atoms with E-state index in [1.54, 1.807) is 0 Å². The third-order valence-electron chi connectivity index (χ3n) is 3.68. The van der Waals surface area contributed by atoms with Gasteiger partial charge in [0, 0.05) is 19.0 Å². The monoisotopic (exact) mass is 259 g/mol. The Kier molecular flexibility index (Phi) is 3.69. The Bertz CT molecular complexity index is 302. The van der Waals surface area contributed by atoms with Gasteiger partial charge in [0.2, 0.25) is 5.91 Å². The van der Waals surface area contributed by atoms with Gasteiger partial charge in [0.25, 0.3) is 0 Å². The van der Waals surface area contributed by atoms with E-state index < -0.39 is 0 Å². The molecule has 98 valence electrons. The van der Waals surface area contributed by atoms with Crippen molar-refractivity contribution in [2.45, 2.75) is 45.3 Å². The lowest BCUT2D eigenvalue weighted by atomic mass is 10.0. The molecule has 1 saturated carbocycles. The number of amides is 1. The molecule has 1 amide bonds. The molecule has 2 aliphatic rings. The van der Waals surface area contributed by atoms with Crippen LogP contribution < -0.4 is 0 Å². The van der Waals surface area contributed by atoms with Crippen molar-refractivity contribution in [3.05, 3.63) is 0 Å². The topological polar surface area (TPSA) is 29.5 Å². The van der Waals surface area contributed by atoms with Crippen LogP contribution in [0.3, 0.4) is 0 Å². The quantitative estimate of drug-likeness (QED) is 0.728. The number of hydrogen-bond donors (Lipinski definition) is 0. The first-order valence-electron chi connectivity index (χ1n) is 6.45. The normalized spacial score (nSPS) is 30.1. The second-order valence-electron chi connectivity index (χ2n) is 6.00. The second-order valence-corrected chi connectivity index (χ2v) is 6.31. The summed E-state index contributed by atoms with van der Waals surface area (Å²) in [5.41, 5.74) is -0.281. The van der Waals surface area contributed by atoms with Gasteiger partial charge in [0.05, 0.1) is 17.6 Å². The number of ether oxygens (including phenoxy) is 1. The largest absolute Gasteiger partial charge is 0.367 e. The van der Waals surface area contributed by atoms with Crippen molar-refractivity contribution in [1.82, 2.24) is 4.90 Å². The average Bonchev–Trinajstić information content (AvgIpc) is 3.08. The summed E-state index contributed by atoms with van der Waals surface area (Å²) in [7, 11) is 0. The molecule has 3 nitrogen and oxygen atoms in total. The molecule has 0 aromatic rings. The number of hydrogen-bond acceptors (Lipinski definition) is 2. The summed E-state index contributed by atoms with van der Waals surface area (Å²) in [5, 5.41) is 0. The Morgan fingerprint density at radius 3 is 2.71 bits per heavy atom. The first kappa shape index (κ1) is 13.2. The van der Waals surface area contributed by atoms with Gasteiger partial charge >= 0.3 is 0 Å². The van der Waals surface area contributed by atoms with Gasteiger partial charge in [0.15, 0.2) is 0 Å². The highest BCUT2D eigenvalue weighted by molar-refractivity contribution is 6.18. The molecule has 2 unspecified atom stereocenters. The molecule has 4 heteroatoms. The fourth-order valence-electron chi connectivity index (χ4n) is 2.63. The minimum Gasteiger partial charge on any atom is -0.367 e. The molecule has 0 bridgehead atoms. The molecule has 1 saturated heterocycles. The highest BCUT2D eigenvalue weighted by Crippen LogP contribution is 2.38. The molecule has 1 aliphatic heterocycles. The maximum atomic E-state index is 12.4. The van der Waals surface area contributed by atoms with E-state index >= 15 is 0 Å². The fourth-order valence-corrected chi connectivity index (χ4v) is 2.79. The van der Waals surface area contributed by atoms with E-state index in [0.29, 0.717) is 24.9 Å². The van der Waals surface area contributed by atoms with Crippen LogP contribution in [0.25, 0.3) is 0 Å². The first-order valence-corrected chi connectivity index (χ1v) is 6.99. The molecule has 2 atom stereocenters. The van der Waals surface area contributed by atoms with Crippen LogP contribution in [0.2, 0.25) is 0 Å². The Hall–Kier alpha value is -0.280. The number of carbonyl (C=O) groups is 1. The summed E-state index contributed by atoms with van der Waals surface area (Å²) >= 11 is 5.87. The van der Waals surface area contributed by atoms with Crippen LogP contribution in [0.4, 0.5) is 0 Å². The van der Waals surface area contributed by atoms with E-state index in [1.165, 1.54) is 12.8 Å². The van der Waals surface area contributed by atoms with Crippen LogP contribution in [0.15, 0.2) is 0 Å². The second kappa shape index (κ2) is 4.77. The Morgan fingerprint density at radius 1 is 1.53 bits per heavy atom. The van der Waals surface area contributed by atoms with Gasteiger partial charge in [-0.25, -0.2) is 0 Å². The Morgan fingerprint density at radius 2 is 2.18 bits per heavy atom. The summed E-state index contributed by atoms with van der Waals surface area (Å²) in [6.45, 7) is 7.42. The summed E-state index contributed by atoms with van der Waals surface area (Å²) < 4.78 is 5.83. The van der Waals surface area contributed by atoms with Gasteiger partial charge < -0.3 is 9.64 Å². The molecule has 2 rings (SSSR count). The van der Waals surface area contributed by atoms with Crippen molar-refractivity contribution >= 4 is 17.5 Å².